The average molecular weight is 790 g/mol. The molecule has 9 aliphatic rings. The monoisotopic (exact) mass is 789 g/mol. The molecule has 0 bridgehead atoms. The molecule has 0 aromatic rings. The molecule has 18 heteroatoms. The quantitative estimate of drug-likeness (QED) is 0.116. The lowest BCUT2D eigenvalue weighted by atomic mass is 9.46. The van der Waals surface area contributed by atoms with Crippen molar-refractivity contribution in [1.29, 1.82) is 0 Å². The van der Waals surface area contributed by atoms with E-state index in [1.165, 1.54) is 0 Å². The number of epoxide rings is 3. The molecule has 14 atom stereocenters. The second-order valence-corrected chi connectivity index (χ2v) is 17.5. The first kappa shape index (κ1) is 38.3. The van der Waals surface area contributed by atoms with Crippen molar-refractivity contribution >= 4 is 29.7 Å². The van der Waals surface area contributed by atoms with Gasteiger partial charge in [-0.05, 0) is 36.7 Å². The third kappa shape index (κ3) is 5.25. The van der Waals surface area contributed by atoms with Crippen molar-refractivity contribution in [1.82, 2.24) is 15.1 Å². The standard InChI is InChI=1S/C38H51N3O15/c1-17(2)36-30(55-36)31-38(56-31)35(3)9-8-18-19(16-51-32(18)49)20(35)14-22-37(38,54-22)34(36)53-26(46)7-6-25(45)41-12-10-40(11-13-41)24(44)5-4-23(43)39-27-29(48)28(47)21(15-42)52-33(27)50/h17,20-22,27-31,33-34,42,47-48,50H,4-16H2,1-3H3,(H,39,43)/t20?,21-,22+,27-,28-,29-,30+,31+,33?,34-,35+,36+,37-,38-/m1/s1. The lowest BCUT2D eigenvalue weighted by molar-refractivity contribution is -0.253. The summed E-state index contributed by atoms with van der Waals surface area (Å²) in [4.78, 5) is 68.0. The highest BCUT2D eigenvalue weighted by Crippen LogP contribution is 2.83. The number of carbonyl (C=O) groups is 5. The predicted octanol–water partition coefficient (Wildman–Crippen LogP) is -2.20. The van der Waals surface area contributed by atoms with Crippen LogP contribution in [-0.2, 0) is 52.4 Å². The molecule has 308 valence electrons. The van der Waals surface area contributed by atoms with Gasteiger partial charge in [0.15, 0.2) is 18.0 Å². The number of amides is 3. The number of aliphatic hydroxyl groups is 4. The summed E-state index contributed by atoms with van der Waals surface area (Å²) < 4.78 is 36.8. The van der Waals surface area contributed by atoms with Crippen molar-refractivity contribution in [3.63, 3.8) is 0 Å². The van der Waals surface area contributed by atoms with Gasteiger partial charge in [0.1, 0.15) is 54.4 Å². The Labute approximate surface area is 322 Å². The van der Waals surface area contributed by atoms with E-state index in [4.69, 9.17) is 28.4 Å². The van der Waals surface area contributed by atoms with Crippen molar-refractivity contribution in [3.8, 4) is 0 Å². The highest BCUT2D eigenvalue weighted by molar-refractivity contribution is 5.92. The SMILES string of the molecule is CC(C)[C@]12O[C@H]1[C@@H]1O[C@]13[C@]1(O[C@H]1CC1C4=C(CC[C@@]13C)C(=O)OC4)[C@@H]2OC(=O)CCC(=O)N1CCN(C(=O)CCC(=O)N[C@H]2C(O)O[C@H](CO)[C@@H](O)[C@@H]2O)CC1. The van der Waals surface area contributed by atoms with E-state index < -0.39 is 72.0 Å². The van der Waals surface area contributed by atoms with E-state index in [-0.39, 0.29) is 112 Å². The highest BCUT2D eigenvalue weighted by atomic mass is 16.8. The minimum Gasteiger partial charge on any atom is -0.458 e. The zero-order valence-corrected chi connectivity index (χ0v) is 31.7. The maximum atomic E-state index is 13.7. The maximum Gasteiger partial charge on any atom is 0.334 e. The third-order valence-corrected chi connectivity index (χ3v) is 14.6. The Morgan fingerprint density at radius 1 is 0.929 bits per heavy atom. The Bertz CT molecular complexity index is 1750. The number of nitrogens with zero attached hydrogens (tertiary/aromatic N) is 2. The van der Waals surface area contributed by atoms with Gasteiger partial charge in [-0.15, -0.1) is 0 Å². The van der Waals surface area contributed by atoms with Gasteiger partial charge in [-0.3, -0.25) is 19.2 Å². The van der Waals surface area contributed by atoms with Crippen molar-refractivity contribution < 1.29 is 72.8 Å². The van der Waals surface area contributed by atoms with Gasteiger partial charge in [0.25, 0.3) is 0 Å². The van der Waals surface area contributed by atoms with Crippen LogP contribution in [0.3, 0.4) is 0 Å². The molecule has 3 aliphatic carbocycles. The van der Waals surface area contributed by atoms with E-state index in [0.29, 0.717) is 12.8 Å². The Balaban J connectivity index is 0.774. The molecule has 2 spiro atoms. The van der Waals surface area contributed by atoms with Crippen molar-refractivity contribution in [3.05, 3.63) is 11.1 Å². The molecule has 6 aliphatic heterocycles. The van der Waals surface area contributed by atoms with Crippen molar-refractivity contribution in [2.24, 2.45) is 17.3 Å². The van der Waals surface area contributed by atoms with E-state index in [1.807, 2.05) is 13.8 Å². The lowest BCUT2D eigenvalue weighted by Gasteiger charge is -2.53. The molecule has 56 heavy (non-hydrogen) atoms. The van der Waals surface area contributed by atoms with Gasteiger partial charge in [-0.25, -0.2) is 4.79 Å². The molecular formula is C38H51N3O15. The van der Waals surface area contributed by atoms with Crippen molar-refractivity contribution in [2.75, 3.05) is 39.4 Å². The Morgan fingerprint density at radius 2 is 1.61 bits per heavy atom. The highest BCUT2D eigenvalue weighted by Gasteiger charge is 3.01. The summed E-state index contributed by atoms with van der Waals surface area (Å²) in [5.41, 5.74) is -0.940. The smallest absolute Gasteiger partial charge is 0.334 e. The third-order valence-electron chi connectivity index (χ3n) is 14.6. The van der Waals surface area contributed by atoms with Gasteiger partial charge in [-0.1, -0.05) is 20.8 Å². The van der Waals surface area contributed by atoms with Crippen LogP contribution >= 0.6 is 0 Å². The number of ether oxygens (including phenoxy) is 6. The van der Waals surface area contributed by atoms with E-state index in [0.717, 1.165) is 17.6 Å². The molecule has 0 aromatic heterocycles. The number of fused-ring (bicyclic) bond motifs is 4. The molecule has 0 radical (unpaired) electrons. The summed E-state index contributed by atoms with van der Waals surface area (Å²) in [7, 11) is 0. The normalized spacial score (nSPS) is 45.3. The Morgan fingerprint density at radius 3 is 2.27 bits per heavy atom. The number of aliphatic hydroxyl groups excluding tert-OH is 4. The molecule has 18 nitrogen and oxygen atoms in total. The molecular weight excluding hydrogens is 738 g/mol. The van der Waals surface area contributed by atoms with Crippen LogP contribution in [0.15, 0.2) is 11.1 Å². The number of hydrogen-bond acceptors (Lipinski definition) is 15. The first-order valence-electron chi connectivity index (χ1n) is 19.9. The van der Waals surface area contributed by atoms with Gasteiger partial charge >= 0.3 is 11.9 Å². The van der Waals surface area contributed by atoms with E-state index >= 15 is 0 Å². The average Bonchev–Trinajstić information content (AvgIpc) is 4.11. The topological polar surface area (TPSA) is 250 Å². The van der Waals surface area contributed by atoms with Crippen LogP contribution in [0, 0.1) is 17.3 Å². The second kappa shape index (κ2) is 13.1. The van der Waals surface area contributed by atoms with E-state index in [1.54, 1.807) is 9.80 Å². The van der Waals surface area contributed by atoms with Crippen LogP contribution in [0.2, 0.25) is 0 Å². The lowest BCUT2D eigenvalue weighted by Crippen LogP contribution is -2.70. The minimum atomic E-state index is -1.66. The summed E-state index contributed by atoms with van der Waals surface area (Å²) in [6.45, 7) is 6.92. The minimum absolute atomic E-state index is 0.00406. The zero-order chi connectivity index (χ0) is 39.7. The van der Waals surface area contributed by atoms with Crippen molar-refractivity contribution in [2.45, 2.75) is 138 Å². The summed E-state index contributed by atoms with van der Waals surface area (Å²) in [6.07, 6.45) is -6.11. The molecule has 0 aromatic carbocycles. The fraction of sp³-hybridized carbons (Fsp3) is 0.816. The number of carbonyl (C=O) groups excluding carboxylic acids is 5. The molecule has 7 fully saturated rings. The predicted molar refractivity (Wildman–Crippen MR) is 185 cm³/mol. The Kier molecular flexibility index (Phi) is 8.99. The molecule has 5 N–H and O–H groups in total. The second-order valence-electron chi connectivity index (χ2n) is 17.5. The van der Waals surface area contributed by atoms with Crippen LogP contribution in [-0.4, -0.2) is 171 Å². The molecule has 9 rings (SSSR count). The summed E-state index contributed by atoms with van der Waals surface area (Å²) in [6, 6.07) is -1.35. The first-order valence-corrected chi connectivity index (χ1v) is 19.9. The molecule has 2 unspecified atom stereocenters. The van der Waals surface area contributed by atoms with Crippen LogP contribution in [0.4, 0.5) is 0 Å². The number of piperazine rings is 1. The summed E-state index contributed by atoms with van der Waals surface area (Å²) in [5, 5.41) is 42.0. The number of rotatable bonds is 10. The summed E-state index contributed by atoms with van der Waals surface area (Å²) >= 11 is 0. The van der Waals surface area contributed by atoms with Gasteiger partial charge < -0.3 is 64.0 Å². The van der Waals surface area contributed by atoms with Crippen LogP contribution in [0.25, 0.3) is 0 Å². The maximum absolute atomic E-state index is 13.7. The van der Waals surface area contributed by atoms with Crippen LogP contribution < -0.4 is 5.32 Å². The van der Waals surface area contributed by atoms with Crippen LogP contribution in [0.5, 0.6) is 0 Å². The van der Waals surface area contributed by atoms with Gasteiger partial charge in [0.2, 0.25) is 17.7 Å². The summed E-state index contributed by atoms with van der Waals surface area (Å²) in [5.74, 6) is -1.94. The number of cyclic esters (lactones) is 1. The molecule has 2 saturated carbocycles. The molecule has 5 saturated heterocycles. The fourth-order valence-electron chi connectivity index (χ4n) is 11.5. The number of esters is 2. The van der Waals surface area contributed by atoms with Gasteiger partial charge in [-0.2, -0.15) is 0 Å². The zero-order valence-electron chi connectivity index (χ0n) is 31.7. The van der Waals surface area contributed by atoms with E-state index in [9.17, 15) is 44.4 Å². The molecule has 6 heterocycles. The molecule has 3 amide bonds. The van der Waals surface area contributed by atoms with Crippen LogP contribution in [0.1, 0.15) is 65.7 Å². The fourth-order valence-corrected chi connectivity index (χ4v) is 11.5. The van der Waals surface area contributed by atoms with E-state index in [2.05, 4.69) is 12.2 Å². The van der Waals surface area contributed by atoms with Gasteiger partial charge in [0.05, 0.1) is 19.1 Å². The number of hydrogen-bond donors (Lipinski definition) is 5. The first-order chi connectivity index (χ1) is 26.6. The largest absolute Gasteiger partial charge is 0.458 e. The van der Waals surface area contributed by atoms with Gasteiger partial charge in [0, 0.05) is 56.4 Å². The number of nitrogens with one attached hydrogen (secondary N) is 1. The Hall–Kier alpha value is -3.23.